The van der Waals surface area contributed by atoms with Crippen molar-refractivity contribution in [3.8, 4) is 5.75 Å². The number of cyclic esters (lactones) is 2. The topological polar surface area (TPSA) is 208 Å². The quantitative estimate of drug-likeness (QED) is 0.0409. The molecule has 0 aliphatic carbocycles. The van der Waals surface area contributed by atoms with Gasteiger partial charge in [0.2, 0.25) is 11.8 Å². The van der Waals surface area contributed by atoms with Crippen molar-refractivity contribution in [2.75, 3.05) is 66.4 Å². The molecule has 4 rings (SSSR count). The monoisotopic (exact) mass is 945 g/mol. The van der Waals surface area contributed by atoms with E-state index in [0.29, 0.717) is 62.5 Å². The first-order valence-corrected chi connectivity index (χ1v) is 23.0. The molecule has 17 nitrogen and oxygen atoms in total. The van der Waals surface area contributed by atoms with E-state index in [-0.39, 0.29) is 69.5 Å². The summed E-state index contributed by atoms with van der Waals surface area (Å²) in [6.45, 7) is 14.5. The van der Waals surface area contributed by atoms with Gasteiger partial charge in [0.25, 0.3) is 0 Å². The molecule has 1 saturated heterocycles. The zero-order chi connectivity index (χ0) is 48.1. The number of carbonyl (C=O) groups excluding carboxylic acids is 5. The van der Waals surface area contributed by atoms with E-state index in [1.807, 2.05) is 45.0 Å². The number of epoxide rings is 1. The third-order valence-electron chi connectivity index (χ3n) is 10.8. The van der Waals surface area contributed by atoms with Crippen molar-refractivity contribution in [3.05, 3.63) is 76.3 Å². The Morgan fingerprint density at radius 2 is 1.58 bits per heavy atom. The Hall–Kier alpha value is -4.62. The minimum absolute atomic E-state index is 0.0132. The molecule has 0 unspecified atom stereocenters. The van der Waals surface area contributed by atoms with Crippen molar-refractivity contribution in [1.29, 1.82) is 0 Å². The fourth-order valence-electron chi connectivity index (χ4n) is 6.83. The molecule has 0 radical (unpaired) electrons. The van der Waals surface area contributed by atoms with Gasteiger partial charge in [0.15, 0.2) is 6.10 Å². The van der Waals surface area contributed by atoms with Crippen LogP contribution in [0.5, 0.6) is 5.75 Å². The van der Waals surface area contributed by atoms with E-state index in [0.717, 1.165) is 11.1 Å². The number of amides is 2. The van der Waals surface area contributed by atoms with Crippen molar-refractivity contribution in [3.63, 3.8) is 0 Å². The van der Waals surface area contributed by atoms with Crippen LogP contribution in [0.2, 0.25) is 5.02 Å². The van der Waals surface area contributed by atoms with Gasteiger partial charge in [-0.3, -0.25) is 19.3 Å². The molecule has 1 fully saturated rings. The zero-order valence-electron chi connectivity index (χ0n) is 39.2. The van der Waals surface area contributed by atoms with Gasteiger partial charge in [-0.1, -0.05) is 75.7 Å². The minimum atomic E-state index is -1.23. The summed E-state index contributed by atoms with van der Waals surface area (Å²) in [7, 11) is 1.50. The lowest BCUT2D eigenvalue weighted by molar-refractivity contribution is -0.276. The molecule has 2 amide bonds. The van der Waals surface area contributed by atoms with Gasteiger partial charge in [0.1, 0.15) is 30.6 Å². The van der Waals surface area contributed by atoms with Crippen molar-refractivity contribution in [1.82, 2.24) is 16.0 Å². The Morgan fingerprint density at radius 1 is 0.909 bits per heavy atom. The molecule has 66 heavy (non-hydrogen) atoms. The summed E-state index contributed by atoms with van der Waals surface area (Å²) >= 11 is 6.36. The smallest absolute Gasteiger partial charge is 0.347 e. The van der Waals surface area contributed by atoms with Crippen LogP contribution >= 0.6 is 11.6 Å². The standard InChI is InChI=1S/C48H68ClN3O14/c1-8-42(54)66-62-25-24-61-23-22-60-21-20-59-19-18-50-29-33-12-15-35(16-13-33)44-43(65-44)32(4)38-10-9-11-41(53)52-37(28-34-14-17-39(58-7)36(49)27-34)45(55)51-30-48(5,6)47(57)64-40(26-31(2)3)46(56)63-38/h9,11-17,27,31-32,37-38,40,43-44,50H,8,10,18-26,28-30H2,1-7H3,(H,51,55)(H,52,53)/t32-,37+,38-,40-,43+,44+/m0/s1. The largest absolute Gasteiger partial charge is 0.495 e. The highest BCUT2D eigenvalue weighted by molar-refractivity contribution is 6.32. The third-order valence-corrected chi connectivity index (χ3v) is 11.1. The van der Waals surface area contributed by atoms with E-state index in [4.69, 9.17) is 49.6 Å². The highest BCUT2D eigenvalue weighted by Gasteiger charge is 2.48. The Bertz CT molecular complexity index is 1890. The highest BCUT2D eigenvalue weighted by Crippen LogP contribution is 2.45. The number of carbonyl (C=O) groups is 5. The maximum atomic E-state index is 13.8. The molecule has 2 aliphatic rings. The van der Waals surface area contributed by atoms with E-state index >= 15 is 0 Å². The maximum absolute atomic E-state index is 13.8. The molecule has 0 aromatic heterocycles. The van der Waals surface area contributed by atoms with Crippen molar-refractivity contribution >= 4 is 41.3 Å². The summed E-state index contributed by atoms with van der Waals surface area (Å²) in [5, 5.41) is 9.29. The predicted molar refractivity (Wildman–Crippen MR) is 243 cm³/mol. The Kier molecular flexibility index (Phi) is 22.8. The first-order chi connectivity index (χ1) is 31.6. The Labute approximate surface area is 393 Å². The van der Waals surface area contributed by atoms with Crippen LogP contribution in [-0.4, -0.2) is 121 Å². The number of ether oxygens (including phenoxy) is 7. The lowest BCUT2D eigenvalue weighted by Gasteiger charge is -2.29. The van der Waals surface area contributed by atoms with Gasteiger partial charge in [0, 0.05) is 44.8 Å². The number of halogens is 1. The summed E-state index contributed by atoms with van der Waals surface area (Å²) < 4.78 is 39.9. The number of rotatable bonds is 24. The molecule has 18 heteroatoms. The minimum Gasteiger partial charge on any atom is -0.495 e. The van der Waals surface area contributed by atoms with Crippen LogP contribution in [0.1, 0.15) is 83.6 Å². The van der Waals surface area contributed by atoms with Gasteiger partial charge in [-0.25, -0.2) is 9.59 Å². The fourth-order valence-corrected chi connectivity index (χ4v) is 7.11. The number of hydrogen-bond acceptors (Lipinski definition) is 15. The number of benzene rings is 2. The molecular formula is C48H68ClN3O14. The lowest BCUT2D eigenvalue weighted by atomic mass is 9.92. The van der Waals surface area contributed by atoms with Crippen LogP contribution < -0.4 is 20.7 Å². The highest BCUT2D eigenvalue weighted by atomic mass is 35.5. The number of esters is 2. The van der Waals surface area contributed by atoms with Crippen LogP contribution in [0, 0.1) is 17.3 Å². The van der Waals surface area contributed by atoms with E-state index in [1.54, 1.807) is 45.0 Å². The lowest BCUT2D eigenvalue weighted by Crippen LogP contribution is -2.51. The Morgan fingerprint density at radius 3 is 2.23 bits per heavy atom. The second-order valence-corrected chi connectivity index (χ2v) is 17.6. The van der Waals surface area contributed by atoms with Crippen LogP contribution in [-0.2, 0) is 75.1 Å². The fraction of sp³-hybridized carbons (Fsp3) is 0.604. The number of methoxy groups -OCH3 is 1. The van der Waals surface area contributed by atoms with Gasteiger partial charge >= 0.3 is 17.9 Å². The van der Waals surface area contributed by atoms with Crippen molar-refractivity contribution in [2.24, 2.45) is 17.3 Å². The van der Waals surface area contributed by atoms with E-state index in [2.05, 4.69) is 20.8 Å². The summed E-state index contributed by atoms with van der Waals surface area (Å²) in [6, 6.07) is 12.2. The van der Waals surface area contributed by atoms with E-state index < -0.39 is 53.4 Å². The first-order valence-electron chi connectivity index (χ1n) is 22.6. The third kappa shape index (κ3) is 18.6. The maximum Gasteiger partial charge on any atom is 0.347 e. The molecule has 2 aromatic carbocycles. The normalized spacial score (nSPS) is 21.9. The Balaban J connectivity index is 1.31. The van der Waals surface area contributed by atoms with Gasteiger partial charge in [-0.15, -0.1) is 0 Å². The second-order valence-electron chi connectivity index (χ2n) is 17.2. The van der Waals surface area contributed by atoms with E-state index in [1.165, 1.54) is 13.2 Å². The SMILES string of the molecule is CCC(=O)OOCCOCCOCCOCCNCc1ccc([C@H]2O[C@@H]2[C@@H](C)[C@@H]2CC=CC(=O)N[C@H](Cc3ccc(OC)c(Cl)c3)C(=O)NCC(C)(C)C(=O)O[C@@H](CC(C)C)C(=O)O2)cc1. The first kappa shape index (κ1) is 54.0. The molecule has 0 bridgehead atoms. The summed E-state index contributed by atoms with van der Waals surface area (Å²) in [5.41, 5.74) is 1.50. The zero-order valence-corrected chi connectivity index (χ0v) is 40.0. The molecule has 6 atom stereocenters. The summed E-state index contributed by atoms with van der Waals surface area (Å²) in [6.07, 6.45) is 1.20. The van der Waals surface area contributed by atoms with Gasteiger partial charge in [-0.2, -0.15) is 4.89 Å². The molecule has 3 N–H and O–H groups in total. The molecule has 2 heterocycles. The molecule has 2 aliphatic heterocycles. The number of hydrogen-bond donors (Lipinski definition) is 3. The van der Waals surface area contributed by atoms with Crippen LogP contribution in [0.4, 0.5) is 0 Å². The number of nitrogens with one attached hydrogen (secondary N) is 3. The summed E-state index contributed by atoms with van der Waals surface area (Å²) in [5.74, 6) is -2.70. The summed E-state index contributed by atoms with van der Waals surface area (Å²) in [4.78, 5) is 74.6. The molecule has 366 valence electrons. The van der Waals surface area contributed by atoms with Crippen LogP contribution in [0.25, 0.3) is 0 Å². The average Bonchev–Trinajstić information content (AvgIpc) is 4.09. The van der Waals surface area contributed by atoms with Crippen LogP contribution in [0.3, 0.4) is 0 Å². The molecule has 0 spiro atoms. The average molecular weight is 947 g/mol. The van der Waals surface area contributed by atoms with Crippen molar-refractivity contribution < 1.29 is 66.9 Å². The molecule has 0 saturated carbocycles. The van der Waals surface area contributed by atoms with E-state index in [9.17, 15) is 24.0 Å². The second kappa shape index (κ2) is 27.9. The van der Waals surface area contributed by atoms with Gasteiger partial charge in [0.05, 0.1) is 63.3 Å². The predicted octanol–water partition coefficient (Wildman–Crippen LogP) is 5.15. The van der Waals surface area contributed by atoms with Gasteiger partial charge < -0.3 is 49.1 Å². The molecule has 2 aromatic rings. The molecular weight excluding hydrogens is 878 g/mol. The van der Waals surface area contributed by atoms with Crippen LogP contribution in [0.15, 0.2) is 54.6 Å². The van der Waals surface area contributed by atoms with Crippen molar-refractivity contribution in [2.45, 2.75) is 104 Å². The van der Waals surface area contributed by atoms with Gasteiger partial charge in [-0.05, 0) is 61.1 Å².